The average Bonchev–Trinajstić information content (AvgIpc) is 2.92. The van der Waals surface area contributed by atoms with Crippen LogP contribution in [0.3, 0.4) is 0 Å². The van der Waals surface area contributed by atoms with Gasteiger partial charge in [0.25, 0.3) is 5.91 Å². The first-order valence-corrected chi connectivity index (χ1v) is 8.64. The van der Waals surface area contributed by atoms with Gasteiger partial charge in [-0.05, 0) is 56.9 Å². The molecule has 1 amide bonds. The first-order valence-electron chi connectivity index (χ1n) is 7.82. The highest BCUT2D eigenvalue weighted by molar-refractivity contribution is 7.17. The van der Waals surface area contributed by atoms with Crippen molar-refractivity contribution >= 4 is 42.1 Å². The van der Waals surface area contributed by atoms with Crippen LogP contribution in [-0.4, -0.2) is 23.0 Å². The minimum Gasteiger partial charge on any atom is -0.349 e. The van der Waals surface area contributed by atoms with Gasteiger partial charge in [0, 0.05) is 17.6 Å². The molecule has 1 aromatic carbocycles. The van der Waals surface area contributed by atoms with Crippen molar-refractivity contribution < 1.29 is 9.18 Å². The Hall–Kier alpha value is -1.21. The number of carbonyl (C=O) groups excluding carboxylic acids is 1. The van der Waals surface area contributed by atoms with Crippen LogP contribution in [0, 0.1) is 12.7 Å². The van der Waals surface area contributed by atoms with Crippen LogP contribution in [-0.2, 0) is 0 Å². The molecule has 1 fully saturated rings. The molecular formula is C17H22Cl2FN3OS. The molecule has 2 aromatic rings. The van der Waals surface area contributed by atoms with Crippen molar-refractivity contribution in [1.82, 2.24) is 10.3 Å². The number of rotatable bonds is 3. The topological polar surface area (TPSA) is 68.0 Å². The van der Waals surface area contributed by atoms with E-state index in [2.05, 4.69) is 10.3 Å². The van der Waals surface area contributed by atoms with Crippen LogP contribution in [0.15, 0.2) is 24.3 Å². The first-order chi connectivity index (χ1) is 11.0. The Labute approximate surface area is 163 Å². The van der Waals surface area contributed by atoms with Gasteiger partial charge in [-0.25, -0.2) is 9.37 Å². The lowest BCUT2D eigenvalue weighted by Crippen LogP contribution is -2.40. The lowest BCUT2D eigenvalue weighted by atomic mass is 9.92. The van der Waals surface area contributed by atoms with Crippen LogP contribution in [0.4, 0.5) is 4.39 Å². The molecule has 1 saturated carbocycles. The molecule has 25 heavy (non-hydrogen) atoms. The minimum atomic E-state index is -0.282. The summed E-state index contributed by atoms with van der Waals surface area (Å²) < 4.78 is 13.0. The number of hydrogen-bond donors (Lipinski definition) is 2. The summed E-state index contributed by atoms with van der Waals surface area (Å²) in [6.07, 6.45) is 3.76. The fourth-order valence-electron chi connectivity index (χ4n) is 2.84. The maximum Gasteiger partial charge on any atom is 0.263 e. The molecular weight excluding hydrogens is 384 g/mol. The highest BCUT2D eigenvalue weighted by atomic mass is 35.5. The van der Waals surface area contributed by atoms with Gasteiger partial charge in [-0.15, -0.1) is 36.2 Å². The molecule has 0 spiro atoms. The largest absolute Gasteiger partial charge is 0.349 e. The third-order valence-electron chi connectivity index (χ3n) is 4.20. The second-order valence-corrected chi connectivity index (χ2v) is 7.02. The number of nitrogens with two attached hydrogens (primary N) is 1. The summed E-state index contributed by atoms with van der Waals surface area (Å²) in [5.41, 5.74) is 7.42. The van der Waals surface area contributed by atoms with Gasteiger partial charge >= 0.3 is 0 Å². The Morgan fingerprint density at radius 3 is 2.40 bits per heavy atom. The van der Waals surface area contributed by atoms with Crippen molar-refractivity contribution in [3.05, 3.63) is 40.7 Å². The van der Waals surface area contributed by atoms with E-state index in [1.807, 2.05) is 6.92 Å². The number of amides is 1. The first kappa shape index (κ1) is 21.8. The summed E-state index contributed by atoms with van der Waals surface area (Å²) >= 11 is 1.35. The fourth-order valence-corrected chi connectivity index (χ4v) is 3.81. The predicted octanol–water partition coefficient (Wildman–Crippen LogP) is 4.10. The standard InChI is InChI=1S/C17H20FN3OS.2ClH/c1-10-15(16(22)21-14-8-6-13(19)7-9-14)23-17(20-10)11-2-4-12(18)5-3-11;;/h2-5,13-14H,6-9,19H2,1H3,(H,21,22);2*1H. The van der Waals surface area contributed by atoms with Gasteiger partial charge in [0.05, 0.1) is 5.69 Å². The van der Waals surface area contributed by atoms with Crippen LogP contribution in [0.5, 0.6) is 0 Å². The van der Waals surface area contributed by atoms with Crippen molar-refractivity contribution in [2.24, 2.45) is 5.73 Å². The van der Waals surface area contributed by atoms with E-state index in [-0.39, 0.29) is 48.6 Å². The maximum atomic E-state index is 13.0. The van der Waals surface area contributed by atoms with E-state index < -0.39 is 0 Å². The average molecular weight is 406 g/mol. The Kier molecular flexibility index (Phi) is 8.28. The Morgan fingerprint density at radius 2 is 1.80 bits per heavy atom. The highest BCUT2D eigenvalue weighted by Crippen LogP contribution is 2.28. The molecule has 0 aliphatic heterocycles. The Bertz CT molecular complexity index is 700. The molecule has 0 saturated heterocycles. The second-order valence-electron chi connectivity index (χ2n) is 6.03. The molecule has 1 heterocycles. The molecule has 0 bridgehead atoms. The molecule has 4 nitrogen and oxygen atoms in total. The Balaban J connectivity index is 0.00000156. The van der Waals surface area contributed by atoms with Crippen molar-refractivity contribution in [2.45, 2.75) is 44.7 Å². The van der Waals surface area contributed by atoms with Crippen molar-refractivity contribution in [1.29, 1.82) is 0 Å². The third kappa shape index (κ3) is 5.38. The zero-order valence-electron chi connectivity index (χ0n) is 13.8. The molecule has 1 aliphatic carbocycles. The van der Waals surface area contributed by atoms with E-state index in [1.165, 1.54) is 23.5 Å². The van der Waals surface area contributed by atoms with Gasteiger partial charge in [-0.1, -0.05) is 0 Å². The highest BCUT2D eigenvalue weighted by Gasteiger charge is 2.23. The second kappa shape index (κ2) is 9.48. The summed E-state index contributed by atoms with van der Waals surface area (Å²) in [7, 11) is 0. The number of nitrogens with one attached hydrogen (secondary N) is 1. The van der Waals surface area contributed by atoms with Gasteiger partial charge < -0.3 is 11.1 Å². The van der Waals surface area contributed by atoms with Crippen LogP contribution < -0.4 is 11.1 Å². The van der Waals surface area contributed by atoms with Gasteiger partial charge in [0.2, 0.25) is 0 Å². The SMILES string of the molecule is Cc1nc(-c2ccc(F)cc2)sc1C(=O)NC1CCC(N)CC1.Cl.Cl. The monoisotopic (exact) mass is 405 g/mol. The van der Waals surface area contributed by atoms with Gasteiger partial charge in [-0.2, -0.15) is 0 Å². The normalized spacial score (nSPS) is 19.5. The van der Waals surface area contributed by atoms with Crippen molar-refractivity contribution in [3.63, 3.8) is 0 Å². The van der Waals surface area contributed by atoms with Crippen molar-refractivity contribution in [2.75, 3.05) is 0 Å². The number of halogens is 3. The van der Waals surface area contributed by atoms with E-state index in [1.54, 1.807) is 12.1 Å². The minimum absolute atomic E-state index is 0. The van der Waals surface area contributed by atoms with Gasteiger partial charge in [-0.3, -0.25) is 4.79 Å². The molecule has 1 aromatic heterocycles. The summed E-state index contributed by atoms with van der Waals surface area (Å²) in [5.74, 6) is -0.357. The number of nitrogens with zero attached hydrogens (tertiary/aromatic N) is 1. The van der Waals surface area contributed by atoms with Crippen LogP contribution >= 0.6 is 36.2 Å². The maximum absolute atomic E-state index is 13.0. The quantitative estimate of drug-likeness (QED) is 0.807. The molecule has 0 unspecified atom stereocenters. The van der Waals surface area contributed by atoms with Crippen LogP contribution in [0.2, 0.25) is 0 Å². The summed E-state index contributed by atoms with van der Waals surface area (Å²) in [4.78, 5) is 17.6. The zero-order valence-corrected chi connectivity index (χ0v) is 16.3. The van der Waals surface area contributed by atoms with Crippen molar-refractivity contribution in [3.8, 4) is 10.6 Å². The zero-order chi connectivity index (χ0) is 16.4. The number of aryl methyl sites for hydroxylation is 1. The number of aromatic nitrogens is 1. The smallest absolute Gasteiger partial charge is 0.263 e. The summed E-state index contributed by atoms with van der Waals surface area (Å²) in [6.45, 7) is 1.83. The lowest BCUT2D eigenvalue weighted by molar-refractivity contribution is 0.0929. The van der Waals surface area contributed by atoms with Gasteiger partial charge in [0.1, 0.15) is 15.7 Å². The number of carbonyl (C=O) groups is 1. The third-order valence-corrected chi connectivity index (χ3v) is 5.41. The van der Waals surface area contributed by atoms with E-state index >= 15 is 0 Å². The molecule has 1 aliphatic rings. The lowest BCUT2D eigenvalue weighted by Gasteiger charge is -2.26. The predicted molar refractivity (Wildman–Crippen MR) is 104 cm³/mol. The molecule has 8 heteroatoms. The molecule has 0 radical (unpaired) electrons. The number of hydrogen-bond acceptors (Lipinski definition) is 4. The molecule has 3 N–H and O–H groups in total. The summed E-state index contributed by atoms with van der Waals surface area (Å²) in [5, 5.41) is 3.82. The van der Waals surface area contributed by atoms with E-state index in [0.29, 0.717) is 10.6 Å². The fraction of sp³-hybridized carbons (Fsp3) is 0.412. The molecule has 0 atom stereocenters. The molecule has 138 valence electrons. The van der Waals surface area contributed by atoms with E-state index in [9.17, 15) is 9.18 Å². The number of benzene rings is 1. The van der Waals surface area contributed by atoms with Crippen LogP contribution in [0.25, 0.3) is 10.6 Å². The number of thiazole rings is 1. The van der Waals surface area contributed by atoms with Gasteiger partial charge in [0.15, 0.2) is 0 Å². The Morgan fingerprint density at radius 1 is 1.20 bits per heavy atom. The van der Waals surface area contributed by atoms with Crippen LogP contribution in [0.1, 0.15) is 41.0 Å². The molecule has 3 rings (SSSR count). The summed E-state index contributed by atoms with van der Waals surface area (Å²) in [6, 6.07) is 6.61. The van der Waals surface area contributed by atoms with E-state index in [0.717, 1.165) is 36.3 Å². The van der Waals surface area contributed by atoms with E-state index in [4.69, 9.17) is 5.73 Å².